The fourth-order valence-electron chi connectivity index (χ4n) is 7.38. The third-order valence-corrected chi connectivity index (χ3v) is 15.4. The van der Waals surface area contributed by atoms with Gasteiger partial charge in [0.05, 0.1) is 19.0 Å². The summed E-state index contributed by atoms with van der Waals surface area (Å²) in [5, 5.41) is 0. The Morgan fingerprint density at radius 2 is 0.639 bits per heavy atom. The lowest BCUT2D eigenvalue weighted by Crippen LogP contribution is -2.53. The molecule has 7 rings (SSSR count). The van der Waals surface area contributed by atoms with Crippen LogP contribution in [0, 0.1) is 0 Å². The lowest BCUT2D eigenvalue weighted by atomic mass is 9.60. The molecule has 4 atom stereocenters. The van der Waals surface area contributed by atoms with Crippen molar-refractivity contribution in [3.8, 4) is 0 Å². The molecule has 4 unspecified atom stereocenters. The molecular formula is C30H28O2S4. The molecule has 0 saturated heterocycles. The summed E-state index contributed by atoms with van der Waals surface area (Å²) in [4.78, 5) is 34.4. The summed E-state index contributed by atoms with van der Waals surface area (Å²) in [6, 6.07) is 0. The van der Waals surface area contributed by atoms with Crippen LogP contribution in [0.2, 0.25) is 0 Å². The molecule has 0 spiro atoms. The van der Waals surface area contributed by atoms with Gasteiger partial charge < -0.3 is 0 Å². The summed E-state index contributed by atoms with van der Waals surface area (Å²) in [5.41, 5.74) is 6.74. The van der Waals surface area contributed by atoms with Crippen molar-refractivity contribution in [2.45, 2.75) is 74.4 Å². The van der Waals surface area contributed by atoms with Crippen molar-refractivity contribution in [1.82, 2.24) is 0 Å². The van der Waals surface area contributed by atoms with E-state index in [0.29, 0.717) is 22.3 Å². The highest BCUT2D eigenvalue weighted by atomic mass is 32.2. The van der Waals surface area contributed by atoms with Gasteiger partial charge in [0.25, 0.3) is 0 Å². The van der Waals surface area contributed by atoms with Crippen molar-refractivity contribution >= 4 is 58.6 Å². The molecule has 3 aliphatic carbocycles. The van der Waals surface area contributed by atoms with Crippen LogP contribution in [0.3, 0.4) is 0 Å². The number of carbonyl (C=O) groups excluding carboxylic acids is 2. The van der Waals surface area contributed by atoms with Gasteiger partial charge in [0.15, 0.2) is 11.6 Å². The zero-order valence-electron chi connectivity index (χ0n) is 21.8. The van der Waals surface area contributed by atoms with Crippen LogP contribution in [0.5, 0.6) is 0 Å². The summed E-state index contributed by atoms with van der Waals surface area (Å²) in [5.74, 6) is 0.0744. The van der Waals surface area contributed by atoms with Gasteiger partial charge in [0.2, 0.25) is 0 Å². The molecule has 36 heavy (non-hydrogen) atoms. The first-order chi connectivity index (χ1) is 16.8. The normalized spacial score (nSPS) is 40.6. The van der Waals surface area contributed by atoms with E-state index in [1.807, 2.05) is 47.0 Å². The molecule has 7 aliphatic rings. The minimum absolute atomic E-state index is 0.0372. The van der Waals surface area contributed by atoms with Gasteiger partial charge in [-0.05, 0) is 122 Å². The molecule has 1 fully saturated rings. The predicted molar refractivity (Wildman–Crippen MR) is 157 cm³/mol. The van der Waals surface area contributed by atoms with E-state index in [2.05, 4.69) is 79.7 Å². The Bertz CT molecular complexity index is 1330. The number of rotatable bonds is 0. The van der Waals surface area contributed by atoms with E-state index in [4.69, 9.17) is 0 Å². The van der Waals surface area contributed by atoms with E-state index in [9.17, 15) is 9.59 Å². The van der Waals surface area contributed by atoms with Crippen LogP contribution in [0.15, 0.2) is 88.5 Å². The SMILES string of the molecule is CC1=CC2=C3C(=O)C4=C5C=C(C)SC5(C)C5(C)SC(C)=CC5=C4C(=O)C3=C3C=C(C)SC3(C)C2(C)S1. The first kappa shape index (κ1) is 23.8. The molecule has 6 heteroatoms. The van der Waals surface area contributed by atoms with Crippen LogP contribution >= 0.6 is 47.0 Å². The molecule has 0 aromatic carbocycles. The van der Waals surface area contributed by atoms with E-state index in [1.54, 1.807) is 0 Å². The van der Waals surface area contributed by atoms with Crippen molar-refractivity contribution < 1.29 is 9.59 Å². The Morgan fingerprint density at radius 1 is 0.444 bits per heavy atom. The largest absolute Gasteiger partial charge is 0.289 e. The summed E-state index contributed by atoms with van der Waals surface area (Å²) >= 11 is 7.38. The van der Waals surface area contributed by atoms with Gasteiger partial charge >= 0.3 is 0 Å². The van der Waals surface area contributed by atoms with E-state index >= 15 is 0 Å². The molecule has 0 aromatic rings. The van der Waals surface area contributed by atoms with Crippen molar-refractivity contribution in [3.63, 3.8) is 0 Å². The molecule has 4 aliphatic heterocycles. The Labute approximate surface area is 230 Å². The van der Waals surface area contributed by atoms with Crippen LogP contribution in [0.4, 0.5) is 0 Å². The summed E-state index contributed by atoms with van der Waals surface area (Å²) < 4.78 is -1.23. The quantitative estimate of drug-likeness (QED) is 0.305. The van der Waals surface area contributed by atoms with Crippen LogP contribution in [0.25, 0.3) is 0 Å². The number of carbonyl (C=O) groups is 2. The molecule has 4 heterocycles. The first-order valence-electron chi connectivity index (χ1n) is 12.4. The fourth-order valence-corrected chi connectivity index (χ4v) is 13.5. The van der Waals surface area contributed by atoms with Gasteiger partial charge in [-0.3, -0.25) is 9.59 Å². The van der Waals surface area contributed by atoms with Crippen molar-refractivity contribution in [2.75, 3.05) is 0 Å². The third-order valence-electron chi connectivity index (χ3n) is 9.21. The molecule has 0 amide bonds. The molecule has 0 N–H and O–H groups in total. The summed E-state index contributed by atoms with van der Waals surface area (Å²) in [6.07, 6.45) is 8.71. The van der Waals surface area contributed by atoms with E-state index in [1.165, 1.54) is 19.6 Å². The fraction of sp³-hybridized carbons (Fsp3) is 0.400. The number of thioether (sulfide) groups is 4. The minimum Gasteiger partial charge on any atom is -0.289 e. The third kappa shape index (κ3) is 2.41. The van der Waals surface area contributed by atoms with Crippen LogP contribution in [-0.4, -0.2) is 30.6 Å². The first-order valence-corrected chi connectivity index (χ1v) is 15.6. The smallest absolute Gasteiger partial charge is 0.195 e. The van der Waals surface area contributed by atoms with E-state index in [-0.39, 0.29) is 30.6 Å². The van der Waals surface area contributed by atoms with Gasteiger partial charge in [-0.25, -0.2) is 0 Å². The number of hydrogen-bond acceptors (Lipinski definition) is 6. The minimum atomic E-state index is -0.307. The molecular weight excluding hydrogens is 521 g/mol. The second-order valence-corrected chi connectivity index (χ2v) is 18.0. The lowest BCUT2D eigenvalue weighted by molar-refractivity contribution is -0.117. The summed E-state index contributed by atoms with van der Waals surface area (Å²) in [6.45, 7) is 17.6. The standard InChI is InChI=1S/C30H28O2S4/c1-13-9-17-21-22(18-10-14(2)34-28(18,6)27(17,5)33-13)26(32)24-20-12-16(4)36-30(20,8)29(7)19(11-15(3)35-29)23(24)25(21)31/h9-12H,1-8H3. The highest BCUT2D eigenvalue weighted by Crippen LogP contribution is 2.70. The Kier molecular flexibility index (Phi) is 4.49. The van der Waals surface area contributed by atoms with Crippen LogP contribution < -0.4 is 0 Å². The lowest BCUT2D eigenvalue weighted by Gasteiger charge is -2.51. The molecule has 0 bridgehead atoms. The van der Waals surface area contributed by atoms with Crippen molar-refractivity contribution in [2.24, 2.45) is 0 Å². The Hall–Kier alpha value is -1.34. The topological polar surface area (TPSA) is 34.1 Å². The second-order valence-electron chi connectivity index (χ2n) is 11.4. The molecule has 184 valence electrons. The van der Waals surface area contributed by atoms with Gasteiger partial charge in [-0.15, -0.1) is 47.0 Å². The van der Waals surface area contributed by atoms with Crippen LogP contribution in [0.1, 0.15) is 55.4 Å². The number of Topliss-reactive ketones (excluding diaryl/α,β-unsaturated/α-hetero) is 2. The molecule has 0 aromatic heterocycles. The summed E-state index contributed by atoms with van der Waals surface area (Å²) in [7, 11) is 0. The van der Waals surface area contributed by atoms with Gasteiger partial charge in [-0.1, -0.05) is 0 Å². The van der Waals surface area contributed by atoms with E-state index < -0.39 is 0 Å². The molecule has 2 nitrogen and oxygen atoms in total. The Balaban J connectivity index is 1.64. The average Bonchev–Trinajstić information content (AvgIpc) is 3.46. The molecule has 0 radical (unpaired) electrons. The molecule has 1 saturated carbocycles. The number of allylic oxidation sites excluding steroid dienone is 12. The van der Waals surface area contributed by atoms with Gasteiger partial charge in [0.1, 0.15) is 0 Å². The van der Waals surface area contributed by atoms with Gasteiger partial charge in [0, 0.05) is 22.3 Å². The van der Waals surface area contributed by atoms with Crippen molar-refractivity contribution in [1.29, 1.82) is 0 Å². The maximum Gasteiger partial charge on any atom is 0.195 e. The zero-order valence-corrected chi connectivity index (χ0v) is 25.0. The number of hydrogen-bond donors (Lipinski definition) is 0. The zero-order chi connectivity index (χ0) is 25.7. The number of fused-ring (bicyclic) bond motifs is 8. The maximum absolute atomic E-state index is 14.8. The number of ketones is 2. The Morgan fingerprint density at radius 3 is 0.833 bits per heavy atom. The van der Waals surface area contributed by atoms with Crippen molar-refractivity contribution in [3.05, 3.63) is 88.5 Å². The predicted octanol–water partition coefficient (Wildman–Crippen LogP) is 7.99. The van der Waals surface area contributed by atoms with E-state index in [0.717, 1.165) is 22.3 Å². The second kappa shape index (κ2) is 6.80. The van der Waals surface area contributed by atoms with Crippen LogP contribution in [-0.2, 0) is 9.59 Å². The maximum atomic E-state index is 14.8. The van der Waals surface area contributed by atoms with Gasteiger partial charge in [-0.2, -0.15) is 0 Å². The highest BCUT2D eigenvalue weighted by Gasteiger charge is 2.65. The highest BCUT2D eigenvalue weighted by molar-refractivity contribution is 8.09. The average molecular weight is 549 g/mol. The monoisotopic (exact) mass is 548 g/mol.